The second-order valence-corrected chi connectivity index (χ2v) is 8.76. The number of anilines is 2. The van der Waals surface area contributed by atoms with Gasteiger partial charge in [-0.1, -0.05) is 12.1 Å². The third kappa shape index (κ3) is 4.29. The molecule has 0 spiro atoms. The number of benzene rings is 2. The zero-order valence-corrected chi connectivity index (χ0v) is 19.2. The summed E-state index contributed by atoms with van der Waals surface area (Å²) >= 11 is 0. The molecule has 3 N–H and O–H groups in total. The molecule has 9 nitrogen and oxygen atoms in total. The molecule has 1 aliphatic rings. The second kappa shape index (κ2) is 8.77. The Balaban J connectivity index is 1.27. The van der Waals surface area contributed by atoms with Gasteiger partial charge in [-0.05, 0) is 73.2 Å². The summed E-state index contributed by atoms with van der Waals surface area (Å²) in [6.07, 6.45) is 10.0. The highest BCUT2D eigenvalue weighted by Gasteiger charge is 2.15. The SMILES string of the molecule is Cc1cc(Nc2ncnc3ccc(C4=CCCC(N)C4)cc23)ccc1Oc1cc2nncn2cn1. The number of rotatable bonds is 5. The molecule has 1 aliphatic carbocycles. The van der Waals surface area contributed by atoms with Crippen molar-refractivity contribution in [2.75, 3.05) is 5.32 Å². The van der Waals surface area contributed by atoms with Crippen LogP contribution in [0.1, 0.15) is 30.4 Å². The van der Waals surface area contributed by atoms with Crippen LogP contribution in [0.25, 0.3) is 22.1 Å². The van der Waals surface area contributed by atoms with Crippen LogP contribution in [0.15, 0.2) is 67.5 Å². The number of aromatic nitrogens is 6. The van der Waals surface area contributed by atoms with E-state index in [-0.39, 0.29) is 6.04 Å². The molecule has 0 aliphatic heterocycles. The first kappa shape index (κ1) is 21.2. The lowest BCUT2D eigenvalue weighted by Gasteiger charge is -2.19. The molecule has 6 rings (SSSR count). The highest BCUT2D eigenvalue weighted by Crippen LogP contribution is 2.32. The van der Waals surface area contributed by atoms with Crippen LogP contribution in [0.4, 0.5) is 11.5 Å². The van der Waals surface area contributed by atoms with E-state index in [1.807, 2.05) is 31.2 Å². The van der Waals surface area contributed by atoms with Crippen molar-refractivity contribution in [3.05, 3.63) is 78.6 Å². The Morgan fingerprint density at radius 3 is 2.89 bits per heavy atom. The maximum atomic E-state index is 6.20. The summed E-state index contributed by atoms with van der Waals surface area (Å²) in [6.45, 7) is 1.99. The van der Waals surface area contributed by atoms with Gasteiger partial charge in [0.05, 0.1) is 5.52 Å². The molecule has 3 heterocycles. The fourth-order valence-electron chi connectivity index (χ4n) is 4.39. The number of nitrogens with one attached hydrogen (secondary N) is 1. The van der Waals surface area contributed by atoms with Crippen molar-refractivity contribution in [2.45, 2.75) is 32.2 Å². The molecule has 3 aromatic heterocycles. The zero-order chi connectivity index (χ0) is 23.8. The first-order chi connectivity index (χ1) is 17.1. The van der Waals surface area contributed by atoms with Gasteiger partial charge >= 0.3 is 0 Å². The summed E-state index contributed by atoms with van der Waals surface area (Å²) in [7, 11) is 0. The van der Waals surface area contributed by atoms with E-state index in [1.165, 1.54) is 11.1 Å². The van der Waals surface area contributed by atoms with Crippen LogP contribution < -0.4 is 15.8 Å². The lowest BCUT2D eigenvalue weighted by molar-refractivity contribution is 0.458. The Morgan fingerprint density at radius 2 is 2.00 bits per heavy atom. The van der Waals surface area contributed by atoms with Gasteiger partial charge in [-0.2, -0.15) is 0 Å². The Hall–Kier alpha value is -4.37. The van der Waals surface area contributed by atoms with E-state index >= 15 is 0 Å². The molecule has 2 aromatic carbocycles. The van der Waals surface area contributed by atoms with E-state index in [1.54, 1.807) is 29.4 Å². The molecule has 0 bridgehead atoms. The molecule has 1 atom stereocenters. The Kier molecular flexibility index (Phi) is 5.31. The molecular formula is C26H24N8O. The Morgan fingerprint density at radius 1 is 1.06 bits per heavy atom. The van der Waals surface area contributed by atoms with E-state index in [4.69, 9.17) is 10.5 Å². The summed E-state index contributed by atoms with van der Waals surface area (Å²) in [5.41, 5.74) is 12.1. The van der Waals surface area contributed by atoms with Gasteiger partial charge in [-0.15, -0.1) is 10.2 Å². The van der Waals surface area contributed by atoms with Gasteiger partial charge in [-0.3, -0.25) is 4.40 Å². The number of aryl methyl sites for hydroxylation is 1. The Bertz CT molecular complexity index is 1570. The normalized spacial score (nSPS) is 15.8. The van der Waals surface area contributed by atoms with Crippen LogP contribution >= 0.6 is 0 Å². The monoisotopic (exact) mass is 464 g/mol. The summed E-state index contributed by atoms with van der Waals surface area (Å²) in [5, 5.41) is 12.3. The number of hydrogen-bond acceptors (Lipinski definition) is 8. The average Bonchev–Trinajstić information content (AvgIpc) is 3.34. The topological polar surface area (TPSA) is 116 Å². The van der Waals surface area contributed by atoms with Crippen molar-refractivity contribution < 1.29 is 4.74 Å². The summed E-state index contributed by atoms with van der Waals surface area (Å²) in [6, 6.07) is 14.2. The van der Waals surface area contributed by atoms with Crippen molar-refractivity contribution in [1.82, 2.24) is 29.5 Å². The van der Waals surface area contributed by atoms with Gasteiger partial charge in [0.1, 0.15) is 30.5 Å². The fraction of sp³-hybridized carbons (Fsp3) is 0.192. The van der Waals surface area contributed by atoms with E-state index in [0.29, 0.717) is 17.3 Å². The van der Waals surface area contributed by atoms with Gasteiger partial charge in [0, 0.05) is 23.2 Å². The fourth-order valence-corrected chi connectivity index (χ4v) is 4.39. The van der Waals surface area contributed by atoms with Gasteiger partial charge in [0.15, 0.2) is 5.65 Å². The van der Waals surface area contributed by atoms with Crippen LogP contribution in [-0.4, -0.2) is 35.6 Å². The first-order valence-corrected chi connectivity index (χ1v) is 11.5. The summed E-state index contributed by atoms with van der Waals surface area (Å²) in [4.78, 5) is 13.3. The number of nitrogens with zero attached hydrogens (tertiary/aromatic N) is 6. The van der Waals surface area contributed by atoms with Crippen LogP contribution in [0.2, 0.25) is 0 Å². The maximum Gasteiger partial charge on any atom is 0.224 e. The minimum absolute atomic E-state index is 0.215. The molecule has 9 heteroatoms. The molecule has 0 saturated heterocycles. The van der Waals surface area contributed by atoms with Crippen LogP contribution in [0.5, 0.6) is 11.6 Å². The van der Waals surface area contributed by atoms with Crippen molar-refractivity contribution in [2.24, 2.45) is 5.73 Å². The maximum absolute atomic E-state index is 6.20. The smallest absolute Gasteiger partial charge is 0.224 e. The molecular weight excluding hydrogens is 440 g/mol. The van der Waals surface area contributed by atoms with E-state index in [0.717, 1.165) is 47.2 Å². The molecule has 0 fully saturated rings. The third-order valence-electron chi connectivity index (χ3n) is 6.23. The predicted octanol–water partition coefficient (Wildman–Crippen LogP) is 4.81. The minimum Gasteiger partial charge on any atom is -0.439 e. The lowest BCUT2D eigenvalue weighted by Crippen LogP contribution is -2.22. The largest absolute Gasteiger partial charge is 0.439 e. The number of hydrogen-bond donors (Lipinski definition) is 2. The first-order valence-electron chi connectivity index (χ1n) is 11.5. The average molecular weight is 465 g/mol. The number of nitrogens with two attached hydrogens (primary N) is 1. The van der Waals surface area contributed by atoms with E-state index in [9.17, 15) is 0 Å². The van der Waals surface area contributed by atoms with Crippen molar-refractivity contribution >= 4 is 33.6 Å². The van der Waals surface area contributed by atoms with Crippen molar-refractivity contribution in [3.8, 4) is 11.6 Å². The van der Waals surface area contributed by atoms with Crippen molar-refractivity contribution in [1.29, 1.82) is 0 Å². The highest BCUT2D eigenvalue weighted by molar-refractivity contribution is 5.93. The number of ether oxygens (including phenoxy) is 1. The molecule has 1 unspecified atom stereocenters. The summed E-state index contributed by atoms with van der Waals surface area (Å²) < 4.78 is 7.72. The number of allylic oxidation sites excluding steroid dienone is 1. The summed E-state index contributed by atoms with van der Waals surface area (Å²) in [5.74, 6) is 1.92. The van der Waals surface area contributed by atoms with E-state index in [2.05, 4.69) is 48.7 Å². The van der Waals surface area contributed by atoms with Crippen LogP contribution in [0.3, 0.4) is 0 Å². The van der Waals surface area contributed by atoms with Gasteiger partial charge in [0.2, 0.25) is 5.88 Å². The highest BCUT2D eigenvalue weighted by atomic mass is 16.5. The van der Waals surface area contributed by atoms with E-state index < -0.39 is 0 Å². The second-order valence-electron chi connectivity index (χ2n) is 8.76. The standard InChI is InChI=1S/C26H24N8O/c1-16-9-20(6-8-23(16)35-25-12-24-33-31-15-34(24)14-30-25)32-26-21-11-18(5-7-22(21)28-13-29-26)17-3-2-4-19(27)10-17/h3,5-9,11-15,19H,2,4,10,27H2,1H3,(H,28,29,32). The molecule has 0 saturated carbocycles. The molecule has 35 heavy (non-hydrogen) atoms. The predicted molar refractivity (Wildman–Crippen MR) is 135 cm³/mol. The molecule has 5 aromatic rings. The van der Waals surface area contributed by atoms with Crippen molar-refractivity contribution in [3.63, 3.8) is 0 Å². The molecule has 0 amide bonds. The number of fused-ring (bicyclic) bond motifs is 2. The molecule has 0 radical (unpaired) electrons. The van der Waals surface area contributed by atoms with Gasteiger partial charge in [0.25, 0.3) is 0 Å². The minimum atomic E-state index is 0.215. The lowest BCUT2D eigenvalue weighted by atomic mass is 9.90. The zero-order valence-electron chi connectivity index (χ0n) is 19.2. The van der Waals surface area contributed by atoms with Crippen LogP contribution in [0, 0.1) is 6.92 Å². The van der Waals surface area contributed by atoms with Gasteiger partial charge < -0.3 is 15.8 Å². The van der Waals surface area contributed by atoms with Crippen LogP contribution in [-0.2, 0) is 0 Å². The molecule has 174 valence electrons. The third-order valence-corrected chi connectivity index (χ3v) is 6.23. The quantitative estimate of drug-likeness (QED) is 0.381. The van der Waals surface area contributed by atoms with Gasteiger partial charge in [-0.25, -0.2) is 15.0 Å². The Labute approximate surface area is 201 Å².